The lowest BCUT2D eigenvalue weighted by Crippen LogP contribution is -2.29. The fraction of sp³-hybridized carbons (Fsp3) is 0.231. The summed E-state index contributed by atoms with van der Waals surface area (Å²) < 4.78 is 17.2. The van der Waals surface area contributed by atoms with Crippen LogP contribution in [0.25, 0.3) is 11.0 Å². The van der Waals surface area contributed by atoms with Gasteiger partial charge in [-0.05, 0) is 54.4 Å². The number of benzene rings is 2. The zero-order valence-electron chi connectivity index (χ0n) is 18.0. The SMILES string of the molecule is CCCCOc1ccc(C2c3c(oc4ccc(Cl)cc4c3=O)C(=O)N2Cc2ccco2)cc1. The molecule has 0 radical (unpaired) electrons. The number of amides is 1. The van der Waals surface area contributed by atoms with E-state index in [1.54, 1.807) is 41.5 Å². The minimum Gasteiger partial charge on any atom is -0.494 e. The van der Waals surface area contributed by atoms with Crippen LogP contribution in [0.15, 0.2) is 74.5 Å². The third-order valence-corrected chi connectivity index (χ3v) is 6.03. The van der Waals surface area contributed by atoms with Crippen LogP contribution in [0.3, 0.4) is 0 Å². The summed E-state index contributed by atoms with van der Waals surface area (Å²) in [6.45, 7) is 2.95. The van der Waals surface area contributed by atoms with Crippen LogP contribution in [0, 0.1) is 0 Å². The predicted octanol–water partition coefficient (Wildman–Crippen LogP) is 5.96. The van der Waals surface area contributed by atoms with Gasteiger partial charge in [-0.15, -0.1) is 0 Å². The average molecular weight is 464 g/mol. The predicted molar refractivity (Wildman–Crippen MR) is 125 cm³/mol. The van der Waals surface area contributed by atoms with E-state index in [4.69, 9.17) is 25.2 Å². The van der Waals surface area contributed by atoms with E-state index in [2.05, 4.69) is 6.92 Å². The number of unbranched alkanes of at least 4 members (excludes halogenated alkanes) is 1. The first kappa shape index (κ1) is 21.3. The number of nitrogens with zero attached hydrogens (tertiary/aromatic N) is 1. The highest BCUT2D eigenvalue weighted by Crippen LogP contribution is 2.39. The van der Waals surface area contributed by atoms with E-state index in [1.807, 2.05) is 24.3 Å². The van der Waals surface area contributed by atoms with Crippen molar-refractivity contribution in [2.24, 2.45) is 0 Å². The maximum absolute atomic E-state index is 13.5. The molecule has 2 aromatic heterocycles. The fourth-order valence-corrected chi connectivity index (χ4v) is 4.33. The summed E-state index contributed by atoms with van der Waals surface area (Å²) in [7, 11) is 0. The van der Waals surface area contributed by atoms with Crippen LogP contribution in [0.1, 0.15) is 53.2 Å². The molecule has 0 aliphatic carbocycles. The Labute approximate surface area is 195 Å². The molecule has 3 heterocycles. The smallest absolute Gasteiger partial charge is 0.291 e. The number of hydrogen-bond acceptors (Lipinski definition) is 5. The van der Waals surface area contributed by atoms with Gasteiger partial charge in [-0.25, -0.2) is 0 Å². The molecule has 7 heteroatoms. The number of hydrogen-bond donors (Lipinski definition) is 0. The maximum Gasteiger partial charge on any atom is 0.291 e. The van der Waals surface area contributed by atoms with Crippen LogP contribution >= 0.6 is 11.6 Å². The monoisotopic (exact) mass is 463 g/mol. The van der Waals surface area contributed by atoms with Crippen LogP contribution in [-0.2, 0) is 6.54 Å². The van der Waals surface area contributed by atoms with Gasteiger partial charge in [0.2, 0.25) is 5.76 Å². The average Bonchev–Trinajstić information content (AvgIpc) is 3.43. The molecule has 1 atom stereocenters. The number of carbonyl (C=O) groups is 1. The van der Waals surface area contributed by atoms with Crippen LogP contribution in [0.4, 0.5) is 0 Å². The van der Waals surface area contributed by atoms with Crippen LogP contribution in [0.2, 0.25) is 5.02 Å². The summed E-state index contributed by atoms with van der Waals surface area (Å²) in [6, 6.07) is 15.2. The lowest BCUT2D eigenvalue weighted by molar-refractivity contribution is 0.0701. The summed E-state index contributed by atoms with van der Waals surface area (Å²) in [5, 5.41) is 0.773. The molecule has 1 aliphatic heterocycles. The lowest BCUT2D eigenvalue weighted by atomic mass is 9.98. The van der Waals surface area contributed by atoms with E-state index < -0.39 is 6.04 Å². The highest BCUT2D eigenvalue weighted by atomic mass is 35.5. The molecule has 0 spiro atoms. The molecule has 0 fully saturated rings. The Bertz CT molecular complexity index is 1360. The Hall–Kier alpha value is -3.51. The molecule has 1 unspecified atom stereocenters. The molecular formula is C26H22ClNO5. The summed E-state index contributed by atoms with van der Waals surface area (Å²) in [6.07, 6.45) is 3.58. The zero-order chi connectivity index (χ0) is 22.9. The third-order valence-electron chi connectivity index (χ3n) is 5.80. The van der Waals surface area contributed by atoms with Crippen LogP contribution in [-0.4, -0.2) is 17.4 Å². The van der Waals surface area contributed by atoms with Crippen LogP contribution < -0.4 is 10.2 Å². The van der Waals surface area contributed by atoms with Crippen molar-refractivity contribution in [1.29, 1.82) is 0 Å². The molecule has 33 heavy (non-hydrogen) atoms. The van der Waals surface area contributed by atoms with Gasteiger partial charge >= 0.3 is 0 Å². The molecule has 0 saturated heterocycles. The molecule has 2 aromatic carbocycles. The standard InChI is InChI=1S/C26H22ClNO5/c1-2-3-12-31-18-9-6-16(7-10-18)23-22-24(29)20-14-17(27)8-11-21(20)33-25(22)26(30)28(23)15-19-5-4-13-32-19/h4-11,13-14,23H,2-3,12,15H2,1H3. The Morgan fingerprint density at radius 1 is 1.09 bits per heavy atom. The van der Waals surface area contributed by atoms with Gasteiger partial charge in [0.15, 0.2) is 5.43 Å². The summed E-state index contributed by atoms with van der Waals surface area (Å²) >= 11 is 6.13. The van der Waals surface area contributed by atoms with Crippen LogP contribution in [0.5, 0.6) is 5.75 Å². The Morgan fingerprint density at radius 3 is 2.64 bits per heavy atom. The number of carbonyl (C=O) groups excluding carboxylic acids is 1. The molecular weight excluding hydrogens is 442 g/mol. The van der Waals surface area contributed by atoms with E-state index in [1.165, 1.54) is 0 Å². The number of ether oxygens (including phenoxy) is 1. The molecule has 1 amide bonds. The first-order valence-corrected chi connectivity index (χ1v) is 11.3. The number of halogens is 1. The van der Waals surface area contributed by atoms with Gasteiger partial charge in [0.25, 0.3) is 5.91 Å². The van der Waals surface area contributed by atoms with Gasteiger partial charge in [-0.1, -0.05) is 37.1 Å². The topological polar surface area (TPSA) is 72.9 Å². The maximum atomic E-state index is 13.5. The van der Waals surface area contributed by atoms with Gasteiger partial charge in [-0.2, -0.15) is 0 Å². The molecule has 168 valence electrons. The molecule has 4 aromatic rings. The second kappa shape index (κ2) is 8.79. The van der Waals surface area contributed by atoms with E-state index in [0.29, 0.717) is 33.9 Å². The highest BCUT2D eigenvalue weighted by Gasteiger charge is 2.43. The summed E-state index contributed by atoms with van der Waals surface area (Å²) in [5.41, 5.74) is 1.15. The van der Waals surface area contributed by atoms with E-state index in [9.17, 15) is 9.59 Å². The van der Waals surface area contributed by atoms with Crippen molar-refractivity contribution in [3.63, 3.8) is 0 Å². The first-order valence-electron chi connectivity index (χ1n) is 10.9. The van der Waals surface area contributed by atoms with Crippen molar-refractivity contribution in [3.05, 3.63) is 98.8 Å². The minimum absolute atomic E-state index is 0.0506. The zero-order valence-corrected chi connectivity index (χ0v) is 18.8. The third kappa shape index (κ3) is 3.91. The van der Waals surface area contributed by atoms with E-state index in [-0.39, 0.29) is 23.6 Å². The van der Waals surface area contributed by atoms with Crippen molar-refractivity contribution in [2.45, 2.75) is 32.4 Å². The fourth-order valence-electron chi connectivity index (χ4n) is 4.15. The van der Waals surface area contributed by atoms with Gasteiger partial charge in [-0.3, -0.25) is 9.59 Å². The number of rotatable bonds is 7. The van der Waals surface area contributed by atoms with Gasteiger partial charge in [0.1, 0.15) is 17.1 Å². The molecule has 0 bridgehead atoms. The van der Waals surface area contributed by atoms with Gasteiger partial charge < -0.3 is 18.5 Å². The van der Waals surface area contributed by atoms with Crippen molar-refractivity contribution in [2.75, 3.05) is 6.61 Å². The van der Waals surface area contributed by atoms with Gasteiger partial charge in [0, 0.05) is 5.02 Å². The first-order chi connectivity index (χ1) is 16.1. The number of fused-ring (bicyclic) bond motifs is 2. The molecule has 5 rings (SSSR count). The number of furan rings is 1. The van der Waals surface area contributed by atoms with E-state index in [0.717, 1.165) is 24.2 Å². The van der Waals surface area contributed by atoms with Gasteiger partial charge in [0.05, 0.1) is 36.4 Å². The molecule has 0 saturated carbocycles. The summed E-state index contributed by atoms with van der Waals surface area (Å²) in [4.78, 5) is 28.6. The lowest BCUT2D eigenvalue weighted by Gasteiger charge is -2.24. The minimum atomic E-state index is -0.623. The van der Waals surface area contributed by atoms with E-state index >= 15 is 0 Å². The summed E-state index contributed by atoms with van der Waals surface area (Å²) in [5.74, 6) is 1.05. The Balaban J connectivity index is 1.61. The highest BCUT2D eigenvalue weighted by molar-refractivity contribution is 6.31. The largest absolute Gasteiger partial charge is 0.494 e. The molecule has 6 nitrogen and oxygen atoms in total. The Kier molecular flexibility index (Phi) is 5.68. The second-order valence-electron chi connectivity index (χ2n) is 8.00. The molecule has 0 N–H and O–H groups in total. The Morgan fingerprint density at radius 2 is 1.91 bits per heavy atom. The van der Waals surface area contributed by atoms with Crippen molar-refractivity contribution in [3.8, 4) is 5.75 Å². The quantitative estimate of drug-likeness (QED) is 0.316. The molecule has 1 aliphatic rings. The normalized spacial score (nSPS) is 15.3. The second-order valence-corrected chi connectivity index (χ2v) is 8.44. The van der Waals surface area contributed by atoms with Crippen molar-refractivity contribution < 1.29 is 18.4 Å². The van der Waals surface area contributed by atoms with Crippen molar-refractivity contribution in [1.82, 2.24) is 4.90 Å². The van der Waals surface area contributed by atoms with Crippen molar-refractivity contribution >= 4 is 28.5 Å².